The van der Waals surface area contributed by atoms with Crippen molar-refractivity contribution in [2.45, 2.75) is 51.8 Å². The number of rotatable bonds is 7. The fourth-order valence-electron chi connectivity index (χ4n) is 1.10. The fraction of sp³-hybridized carbons (Fsp3) is 1.00. The van der Waals surface area contributed by atoms with Gasteiger partial charge in [-0.2, -0.15) is 0 Å². The van der Waals surface area contributed by atoms with Gasteiger partial charge < -0.3 is 16.2 Å². The Labute approximate surface area is 75.3 Å². The predicted octanol–water partition coefficient (Wildman–Crippen LogP) is 0.822. The van der Waals surface area contributed by atoms with Gasteiger partial charge in [-0.15, -0.1) is 0 Å². The Morgan fingerprint density at radius 1 is 1.42 bits per heavy atom. The molecule has 0 saturated carbocycles. The highest BCUT2D eigenvalue weighted by atomic mass is 16.3. The normalized spacial score (nSPS) is 16.0. The zero-order valence-electron chi connectivity index (χ0n) is 8.21. The molecule has 4 N–H and O–H groups in total. The van der Waals surface area contributed by atoms with Crippen LogP contribution in [0.1, 0.15) is 39.5 Å². The van der Waals surface area contributed by atoms with E-state index in [1.54, 1.807) is 0 Å². The zero-order chi connectivity index (χ0) is 9.40. The third-order valence-electron chi connectivity index (χ3n) is 1.80. The van der Waals surface area contributed by atoms with Crippen molar-refractivity contribution < 1.29 is 5.11 Å². The van der Waals surface area contributed by atoms with E-state index in [4.69, 9.17) is 10.8 Å². The van der Waals surface area contributed by atoms with Gasteiger partial charge in [0.1, 0.15) is 0 Å². The predicted molar refractivity (Wildman–Crippen MR) is 51.8 cm³/mol. The minimum absolute atomic E-state index is 0.129. The molecule has 0 spiro atoms. The van der Waals surface area contributed by atoms with Crippen molar-refractivity contribution in [1.29, 1.82) is 0 Å². The molecule has 3 nitrogen and oxygen atoms in total. The van der Waals surface area contributed by atoms with Crippen LogP contribution in [0.15, 0.2) is 0 Å². The first kappa shape index (κ1) is 11.9. The van der Waals surface area contributed by atoms with Crippen molar-refractivity contribution in [2.75, 3.05) is 6.54 Å². The number of hydrogen-bond acceptors (Lipinski definition) is 3. The second kappa shape index (κ2) is 7.53. The van der Waals surface area contributed by atoms with Gasteiger partial charge in [-0.25, -0.2) is 0 Å². The lowest BCUT2D eigenvalue weighted by Crippen LogP contribution is -2.37. The molecule has 0 saturated heterocycles. The third-order valence-corrected chi connectivity index (χ3v) is 1.80. The Hall–Kier alpha value is -0.120. The van der Waals surface area contributed by atoms with Crippen LogP contribution >= 0.6 is 0 Å². The van der Waals surface area contributed by atoms with Gasteiger partial charge in [-0.1, -0.05) is 13.3 Å². The van der Waals surface area contributed by atoms with E-state index in [1.807, 2.05) is 6.92 Å². The highest BCUT2D eigenvalue weighted by Gasteiger charge is 1.99. The zero-order valence-corrected chi connectivity index (χ0v) is 8.21. The van der Waals surface area contributed by atoms with E-state index >= 15 is 0 Å². The SMILES string of the molecule is CCCC(N)NCCCC(C)O. The molecular formula is C9H22N2O. The van der Waals surface area contributed by atoms with Gasteiger partial charge in [0.2, 0.25) is 0 Å². The molecular weight excluding hydrogens is 152 g/mol. The summed E-state index contributed by atoms with van der Waals surface area (Å²) in [5.74, 6) is 0. The summed E-state index contributed by atoms with van der Waals surface area (Å²) >= 11 is 0. The first-order chi connectivity index (χ1) is 5.66. The van der Waals surface area contributed by atoms with Crippen LogP contribution in [0.25, 0.3) is 0 Å². The Kier molecular flexibility index (Phi) is 7.45. The molecule has 0 aromatic heterocycles. The molecule has 0 heterocycles. The number of aliphatic hydroxyl groups excluding tert-OH is 1. The number of nitrogens with one attached hydrogen (secondary N) is 1. The lowest BCUT2D eigenvalue weighted by Gasteiger charge is -2.12. The molecule has 0 radical (unpaired) electrons. The molecule has 0 fully saturated rings. The summed E-state index contributed by atoms with van der Waals surface area (Å²) in [4.78, 5) is 0. The van der Waals surface area contributed by atoms with E-state index in [1.165, 1.54) is 0 Å². The second-order valence-corrected chi connectivity index (χ2v) is 3.34. The quantitative estimate of drug-likeness (QED) is 0.395. The molecule has 0 aliphatic carbocycles. The standard InChI is InChI=1S/C9H22N2O/c1-3-5-9(10)11-7-4-6-8(2)12/h8-9,11-12H,3-7,10H2,1-2H3. The highest BCUT2D eigenvalue weighted by molar-refractivity contribution is 4.58. The first-order valence-electron chi connectivity index (χ1n) is 4.83. The molecule has 0 aliphatic heterocycles. The van der Waals surface area contributed by atoms with Crippen molar-refractivity contribution in [3.05, 3.63) is 0 Å². The van der Waals surface area contributed by atoms with Crippen molar-refractivity contribution in [3.63, 3.8) is 0 Å². The maximum absolute atomic E-state index is 8.96. The summed E-state index contributed by atoms with van der Waals surface area (Å²) in [6.07, 6.45) is 3.93. The maximum atomic E-state index is 8.96. The summed E-state index contributed by atoms with van der Waals surface area (Å²) in [5.41, 5.74) is 5.73. The average Bonchev–Trinajstić information content (AvgIpc) is 1.98. The summed E-state index contributed by atoms with van der Waals surface area (Å²) in [5, 5.41) is 12.2. The van der Waals surface area contributed by atoms with E-state index in [-0.39, 0.29) is 12.3 Å². The van der Waals surface area contributed by atoms with Crippen LogP contribution < -0.4 is 11.1 Å². The van der Waals surface area contributed by atoms with Crippen molar-refractivity contribution >= 4 is 0 Å². The van der Waals surface area contributed by atoms with E-state index in [2.05, 4.69) is 12.2 Å². The van der Waals surface area contributed by atoms with Crippen LogP contribution in [0.3, 0.4) is 0 Å². The van der Waals surface area contributed by atoms with Crippen LogP contribution in [0, 0.1) is 0 Å². The minimum Gasteiger partial charge on any atom is -0.393 e. The average molecular weight is 174 g/mol. The van der Waals surface area contributed by atoms with Crippen LogP contribution in [0.2, 0.25) is 0 Å². The molecule has 0 aromatic rings. The fourth-order valence-corrected chi connectivity index (χ4v) is 1.10. The Bertz CT molecular complexity index is 96.5. The maximum Gasteiger partial charge on any atom is 0.0546 e. The molecule has 12 heavy (non-hydrogen) atoms. The van der Waals surface area contributed by atoms with Crippen LogP contribution in [0.4, 0.5) is 0 Å². The van der Waals surface area contributed by atoms with Crippen molar-refractivity contribution in [2.24, 2.45) is 5.73 Å². The highest BCUT2D eigenvalue weighted by Crippen LogP contribution is 1.95. The molecule has 2 unspecified atom stereocenters. The van der Waals surface area contributed by atoms with E-state index in [0.29, 0.717) is 0 Å². The summed E-state index contributed by atoms with van der Waals surface area (Å²) in [6, 6.07) is 0. The van der Waals surface area contributed by atoms with Crippen molar-refractivity contribution in [1.82, 2.24) is 5.32 Å². The molecule has 2 atom stereocenters. The van der Waals surface area contributed by atoms with Gasteiger partial charge in [0, 0.05) is 0 Å². The van der Waals surface area contributed by atoms with Crippen LogP contribution in [-0.4, -0.2) is 23.9 Å². The second-order valence-electron chi connectivity index (χ2n) is 3.34. The van der Waals surface area contributed by atoms with Crippen LogP contribution in [0.5, 0.6) is 0 Å². The monoisotopic (exact) mass is 174 g/mol. The molecule has 3 heteroatoms. The molecule has 0 bridgehead atoms. The van der Waals surface area contributed by atoms with Gasteiger partial charge in [0.25, 0.3) is 0 Å². The van der Waals surface area contributed by atoms with E-state index in [9.17, 15) is 0 Å². The van der Waals surface area contributed by atoms with Gasteiger partial charge in [0.15, 0.2) is 0 Å². The summed E-state index contributed by atoms with van der Waals surface area (Å²) < 4.78 is 0. The Morgan fingerprint density at radius 3 is 2.58 bits per heavy atom. The van der Waals surface area contributed by atoms with Crippen molar-refractivity contribution in [3.8, 4) is 0 Å². The van der Waals surface area contributed by atoms with Crippen LogP contribution in [-0.2, 0) is 0 Å². The molecule has 0 aromatic carbocycles. The van der Waals surface area contributed by atoms with E-state index < -0.39 is 0 Å². The first-order valence-corrected chi connectivity index (χ1v) is 4.83. The molecule has 0 amide bonds. The lowest BCUT2D eigenvalue weighted by molar-refractivity contribution is 0.181. The number of nitrogens with two attached hydrogens (primary N) is 1. The lowest BCUT2D eigenvalue weighted by atomic mass is 10.2. The Balaban J connectivity index is 3.08. The Morgan fingerprint density at radius 2 is 2.08 bits per heavy atom. The van der Waals surface area contributed by atoms with Gasteiger partial charge in [-0.3, -0.25) is 0 Å². The topological polar surface area (TPSA) is 58.3 Å². The van der Waals surface area contributed by atoms with E-state index in [0.717, 1.165) is 32.2 Å². The van der Waals surface area contributed by atoms with Gasteiger partial charge >= 0.3 is 0 Å². The third kappa shape index (κ3) is 7.98. The minimum atomic E-state index is -0.186. The molecule has 0 rings (SSSR count). The van der Waals surface area contributed by atoms with Gasteiger partial charge in [-0.05, 0) is 32.7 Å². The summed E-state index contributed by atoms with van der Waals surface area (Å²) in [6.45, 7) is 4.84. The largest absolute Gasteiger partial charge is 0.393 e. The number of aliphatic hydroxyl groups is 1. The molecule has 0 aliphatic rings. The summed E-state index contributed by atoms with van der Waals surface area (Å²) in [7, 11) is 0. The smallest absolute Gasteiger partial charge is 0.0546 e. The van der Waals surface area contributed by atoms with Gasteiger partial charge in [0.05, 0.1) is 12.3 Å². The number of hydrogen-bond donors (Lipinski definition) is 3. The molecule has 74 valence electrons.